The predicted octanol–water partition coefficient (Wildman–Crippen LogP) is 1.13. The number of nitrogens with zero attached hydrogens (tertiary/aromatic N) is 4. The van der Waals surface area contributed by atoms with Gasteiger partial charge in [-0.2, -0.15) is 0 Å². The van der Waals surface area contributed by atoms with Crippen molar-refractivity contribution >= 4 is 5.69 Å². The molecule has 2 aromatic rings. The fraction of sp³-hybridized carbons (Fsp3) is 0.462. The normalized spacial score (nSPS) is 18.7. The second-order valence-electron chi connectivity index (χ2n) is 4.93. The van der Waals surface area contributed by atoms with Gasteiger partial charge in [0, 0.05) is 18.3 Å². The zero-order valence-electron chi connectivity index (χ0n) is 11.0. The van der Waals surface area contributed by atoms with Crippen molar-refractivity contribution in [3.8, 4) is 5.69 Å². The van der Waals surface area contributed by atoms with Crippen molar-refractivity contribution in [2.75, 3.05) is 18.4 Å². The fourth-order valence-corrected chi connectivity index (χ4v) is 2.41. The van der Waals surface area contributed by atoms with Crippen LogP contribution in [-0.4, -0.2) is 39.3 Å². The van der Waals surface area contributed by atoms with Crippen molar-refractivity contribution in [3.05, 3.63) is 30.1 Å². The minimum absolute atomic E-state index is 0.581. The van der Waals surface area contributed by atoms with Crippen molar-refractivity contribution in [1.82, 2.24) is 25.5 Å². The Morgan fingerprint density at radius 2 is 2.42 bits per heavy atom. The molecule has 1 saturated heterocycles. The summed E-state index contributed by atoms with van der Waals surface area (Å²) in [6, 6.07) is 6.85. The van der Waals surface area contributed by atoms with Crippen LogP contribution in [0.4, 0.5) is 5.69 Å². The Labute approximate surface area is 112 Å². The summed E-state index contributed by atoms with van der Waals surface area (Å²) < 4.78 is 1.69. The highest BCUT2D eigenvalue weighted by Crippen LogP contribution is 2.18. The molecule has 0 aliphatic carbocycles. The molecule has 19 heavy (non-hydrogen) atoms. The first kappa shape index (κ1) is 12.1. The number of benzene rings is 1. The number of tetrazole rings is 1. The molecule has 100 valence electrons. The van der Waals surface area contributed by atoms with E-state index in [0.717, 1.165) is 30.0 Å². The van der Waals surface area contributed by atoms with Gasteiger partial charge in [-0.05, 0) is 54.4 Å². The van der Waals surface area contributed by atoms with E-state index >= 15 is 0 Å². The number of nitrogens with one attached hydrogen (secondary N) is 2. The van der Waals surface area contributed by atoms with E-state index in [4.69, 9.17) is 0 Å². The minimum Gasteiger partial charge on any atom is -0.383 e. The molecule has 0 spiro atoms. The largest absolute Gasteiger partial charge is 0.383 e. The number of aromatic nitrogens is 4. The van der Waals surface area contributed by atoms with E-state index in [0.29, 0.717) is 6.04 Å². The lowest BCUT2D eigenvalue weighted by atomic mass is 10.1. The zero-order valence-corrected chi connectivity index (χ0v) is 11.0. The van der Waals surface area contributed by atoms with Gasteiger partial charge in [-0.1, -0.05) is 6.07 Å². The number of hydrogen-bond donors (Lipinski definition) is 2. The zero-order chi connectivity index (χ0) is 13.1. The van der Waals surface area contributed by atoms with Crippen molar-refractivity contribution < 1.29 is 0 Å². The maximum atomic E-state index is 3.94. The summed E-state index contributed by atoms with van der Waals surface area (Å²) in [5, 5.41) is 18.3. The van der Waals surface area contributed by atoms with Crippen LogP contribution in [0.25, 0.3) is 5.69 Å². The van der Waals surface area contributed by atoms with Gasteiger partial charge in [0.05, 0.1) is 5.69 Å². The van der Waals surface area contributed by atoms with Crippen molar-refractivity contribution in [3.63, 3.8) is 0 Å². The minimum atomic E-state index is 0.581. The molecule has 0 amide bonds. The molecule has 1 unspecified atom stereocenters. The molecule has 6 nitrogen and oxygen atoms in total. The summed E-state index contributed by atoms with van der Waals surface area (Å²) in [6.07, 6.45) is 4.14. The lowest BCUT2D eigenvalue weighted by molar-refractivity contribution is 0.633. The molecule has 1 aromatic carbocycles. The maximum absolute atomic E-state index is 3.94. The Kier molecular flexibility index (Phi) is 3.41. The number of anilines is 1. The molecule has 2 heterocycles. The lowest BCUT2D eigenvalue weighted by Crippen LogP contribution is -2.29. The molecule has 1 fully saturated rings. The Morgan fingerprint density at radius 3 is 3.16 bits per heavy atom. The number of rotatable bonds is 4. The third-order valence-corrected chi connectivity index (χ3v) is 3.52. The first-order valence-electron chi connectivity index (χ1n) is 6.64. The van der Waals surface area contributed by atoms with Crippen LogP contribution in [0.2, 0.25) is 0 Å². The van der Waals surface area contributed by atoms with Gasteiger partial charge in [0.1, 0.15) is 6.33 Å². The summed E-state index contributed by atoms with van der Waals surface area (Å²) in [6.45, 7) is 4.15. The Morgan fingerprint density at radius 1 is 1.47 bits per heavy atom. The Hall–Kier alpha value is -1.95. The third-order valence-electron chi connectivity index (χ3n) is 3.52. The van der Waals surface area contributed by atoms with Crippen LogP contribution in [-0.2, 0) is 0 Å². The average Bonchev–Trinajstić information content (AvgIpc) is 3.11. The van der Waals surface area contributed by atoms with E-state index in [1.54, 1.807) is 11.0 Å². The summed E-state index contributed by atoms with van der Waals surface area (Å²) in [4.78, 5) is 0. The van der Waals surface area contributed by atoms with Gasteiger partial charge >= 0.3 is 0 Å². The highest BCUT2D eigenvalue weighted by atomic mass is 15.5. The summed E-state index contributed by atoms with van der Waals surface area (Å²) in [5.41, 5.74) is 3.26. The second kappa shape index (κ2) is 5.36. The SMILES string of the molecule is Cc1ccc(NCC2CCCN2)cc1-n1cnnn1. The van der Waals surface area contributed by atoms with Crippen LogP contribution >= 0.6 is 0 Å². The van der Waals surface area contributed by atoms with Gasteiger partial charge in [-0.3, -0.25) is 0 Å². The Bertz CT molecular complexity index is 530. The maximum Gasteiger partial charge on any atom is 0.143 e. The van der Waals surface area contributed by atoms with Gasteiger partial charge in [0.25, 0.3) is 0 Å². The monoisotopic (exact) mass is 258 g/mol. The molecule has 0 radical (unpaired) electrons. The molecule has 0 saturated carbocycles. The van der Waals surface area contributed by atoms with Crippen LogP contribution in [0, 0.1) is 6.92 Å². The second-order valence-corrected chi connectivity index (χ2v) is 4.93. The van der Waals surface area contributed by atoms with Crippen LogP contribution in [0.15, 0.2) is 24.5 Å². The fourth-order valence-electron chi connectivity index (χ4n) is 2.41. The topological polar surface area (TPSA) is 67.7 Å². The third kappa shape index (κ3) is 2.73. The standard InChI is InChI=1S/C13H18N6/c1-10-4-5-11(15-8-12-3-2-6-14-12)7-13(10)19-9-16-17-18-19/h4-5,7,9,12,14-15H,2-3,6,8H2,1H3. The predicted molar refractivity (Wildman–Crippen MR) is 73.4 cm³/mol. The molecular formula is C13H18N6. The first-order valence-corrected chi connectivity index (χ1v) is 6.64. The summed E-state index contributed by atoms with van der Waals surface area (Å²) in [5.74, 6) is 0. The van der Waals surface area contributed by atoms with Gasteiger partial charge in [-0.15, -0.1) is 5.10 Å². The molecular weight excluding hydrogens is 240 g/mol. The van der Waals surface area contributed by atoms with Crippen LogP contribution < -0.4 is 10.6 Å². The molecule has 1 aliphatic rings. The van der Waals surface area contributed by atoms with Gasteiger partial charge in [-0.25, -0.2) is 4.68 Å². The Balaban J connectivity index is 1.73. The van der Waals surface area contributed by atoms with Crippen molar-refractivity contribution in [2.24, 2.45) is 0 Å². The smallest absolute Gasteiger partial charge is 0.143 e. The van der Waals surface area contributed by atoms with E-state index in [-0.39, 0.29) is 0 Å². The molecule has 1 aliphatic heterocycles. The van der Waals surface area contributed by atoms with Gasteiger partial charge in [0.15, 0.2) is 0 Å². The van der Waals surface area contributed by atoms with E-state index < -0.39 is 0 Å². The molecule has 0 bridgehead atoms. The van der Waals surface area contributed by atoms with Gasteiger partial charge < -0.3 is 10.6 Å². The van der Waals surface area contributed by atoms with Crippen LogP contribution in [0.5, 0.6) is 0 Å². The van der Waals surface area contributed by atoms with Gasteiger partial charge in [0.2, 0.25) is 0 Å². The first-order chi connectivity index (χ1) is 9.33. The lowest BCUT2D eigenvalue weighted by Gasteiger charge is -2.14. The van der Waals surface area contributed by atoms with E-state index in [1.165, 1.54) is 12.8 Å². The van der Waals surface area contributed by atoms with Crippen molar-refractivity contribution in [1.29, 1.82) is 0 Å². The highest BCUT2D eigenvalue weighted by Gasteiger charge is 2.13. The van der Waals surface area contributed by atoms with Crippen molar-refractivity contribution in [2.45, 2.75) is 25.8 Å². The quantitative estimate of drug-likeness (QED) is 0.860. The molecule has 2 N–H and O–H groups in total. The van der Waals surface area contributed by atoms with Crippen LogP contribution in [0.1, 0.15) is 18.4 Å². The molecule has 3 rings (SSSR count). The number of aryl methyl sites for hydroxylation is 1. The summed E-state index contributed by atoms with van der Waals surface area (Å²) in [7, 11) is 0. The molecule has 1 atom stereocenters. The molecule has 1 aromatic heterocycles. The van der Waals surface area contributed by atoms with Crippen LogP contribution in [0.3, 0.4) is 0 Å². The highest BCUT2D eigenvalue weighted by molar-refractivity contribution is 5.54. The summed E-state index contributed by atoms with van der Waals surface area (Å²) >= 11 is 0. The average molecular weight is 258 g/mol. The van der Waals surface area contributed by atoms with E-state index in [1.807, 2.05) is 0 Å². The van der Waals surface area contributed by atoms with E-state index in [2.05, 4.69) is 51.3 Å². The molecule has 6 heteroatoms. The van der Waals surface area contributed by atoms with E-state index in [9.17, 15) is 0 Å². The number of hydrogen-bond acceptors (Lipinski definition) is 5.